The van der Waals surface area contributed by atoms with Crippen LogP contribution in [0.5, 0.6) is 0 Å². The van der Waals surface area contributed by atoms with Gasteiger partial charge in [-0.15, -0.1) is 0 Å². The highest BCUT2D eigenvalue weighted by Gasteiger charge is 2.26. The predicted molar refractivity (Wildman–Crippen MR) is 141 cm³/mol. The van der Waals surface area contributed by atoms with E-state index in [1.807, 2.05) is 31.2 Å². The van der Waals surface area contributed by atoms with Gasteiger partial charge >= 0.3 is 0 Å². The Morgan fingerprint density at radius 2 is 1.49 bits per heavy atom. The number of furan rings is 1. The number of halogens is 3. The van der Waals surface area contributed by atoms with Gasteiger partial charge in [-0.05, 0) is 67.1 Å². The number of rotatable bonds is 8. The van der Waals surface area contributed by atoms with Gasteiger partial charge in [0.2, 0.25) is 10.0 Å². The molecule has 5 nitrogen and oxygen atoms in total. The molecule has 0 fully saturated rings. The van der Waals surface area contributed by atoms with Gasteiger partial charge in [0.05, 0.1) is 23.3 Å². The van der Waals surface area contributed by atoms with Gasteiger partial charge in [-0.3, -0.25) is 4.99 Å². The first-order valence-electron chi connectivity index (χ1n) is 10.6. The maximum absolute atomic E-state index is 13.5. The fourth-order valence-electron chi connectivity index (χ4n) is 3.35. The first-order chi connectivity index (χ1) is 16.7. The molecule has 35 heavy (non-hydrogen) atoms. The third-order valence-corrected chi connectivity index (χ3v) is 7.63. The number of hydrogen-bond acceptors (Lipinski definition) is 4. The lowest BCUT2D eigenvalue weighted by molar-refractivity contribution is 0.357. The van der Waals surface area contributed by atoms with Crippen molar-refractivity contribution in [1.29, 1.82) is 0 Å². The molecule has 0 radical (unpaired) electrons. The molecule has 0 saturated heterocycles. The molecule has 4 rings (SSSR count). The number of aliphatic imine (C=N–C) groups is 1. The van der Waals surface area contributed by atoms with Crippen LogP contribution >= 0.6 is 34.8 Å². The molecule has 9 heteroatoms. The minimum Gasteiger partial charge on any atom is -0.459 e. The Hall–Kier alpha value is -2.61. The Kier molecular flexibility index (Phi) is 7.99. The number of aryl methyl sites for hydroxylation is 1. The normalized spacial score (nSPS) is 12.0. The molecule has 0 N–H and O–H groups in total. The maximum atomic E-state index is 13.5. The lowest BCUT2D eigenvalue weighted by Crippen LogP contribution is -2.30. The summed E-state index contributed by atoms with van der Waals surface area (Å²) in [5.41, 5.74) is 2.53. The summed E-state index contributed by atoms with van der Waals surface area (Å²) >= 11 is 18.0. The average molecular weight is 548 g/mol. The molecule has 0 amide bonds. The summed E-state index contributed by atoms with van der Waals surface area (Å²) in [4.78, 5) is 4.49. The molecule has 180 valence electrons. The van der Waals surface area contributed by atoms with Crippen molar-refractivity contribution < 1.29 is 12.8 Å². The molecule has 3 aromatic carbocycles. The van der Waals surface area contributed by atoms with Crippen LogP contribution in [0.3, 0.4) is 0 Å². The molecule has 1 heterocycles. The van der Waals surface area contributed by atoms with Crippen LogP contribution in [0.1, 0.15) is 22.6 Å². The summed E-state index contributed by atoms with van der Waals surface area (Å²) in [6.07, 6.45) is 1.53. The fraction of sp³-hybridized carbons (Fsp3) is 0.115. The number of benzene rings is 3. The lowest BCUT2D eigenvalue weighted by Gasteiger charge is -2.21. The van der Waals surface area contributed by atoms with E-state index in [1.165, 1.54) is 22.7 Å². The van der Waals surface area contributed by atoms with Gasteiger partial charge in [0.15, 0.2) is 0 Å². The van der Waals surface area contributed by atoms with Crippen molar-refractivity contribution in [3.8, 4) is 0 Å². The molecule has 0 aliphatic heterocycles. The van der Waals surface area contributed by atoms with Crippen LogP contribution in [0.15, 0.2) is 93.2 Å². The van der Waals surface area contributed by atoms with Crippen molar-refractivity contribution in [1.82, 2.24) is 4.31 Å². The molecular formula is C26H21Cl3N2O3S. The largest absolute Gasteiger partial charge is 0.459 e. The zero-order valence-electron chi connectivity index (χ0n) is 18.7. The fourth-order valence-corrected chi connectivity index (χ4v) is 5.39. The van der Waals surface area contributed by atoms with Crippen LogP contribution in [0.2, 0.25) is 15.1 Å². The summed E-state index contributed by atoms with van der Waals surface area (Å²) in [6, 6.07) is 22.3. The van der Waals surface area contributed by atoms with E-state index in [0.29, 0.717) is 32.3 Å². The van der Waals surface area contributed by atoms with E-state index in [-0.39, 0.29) is 18.0 Å². The summed E-state index contributed by atoms with van der Waals surface area (Å²) in [7, 11) is -3.83. The van der Waals surface area contributed by atoms with E-state index in [4.69, 9.17) is 39.2 Å². The summed E-state index contributed by atoms with van der Waals surface area (Å²) in [5, 5.41) is 1.41. The molecule has 0 atom stereocenters. The molecule has 4 aromatic rings. The Labute approximate surface area is 219 Å². The topological polar surface area (TPSA) is 62.9 Å². The molecule has 1 aromatic heterocycles. The quantitative estimate of drug-likeness (QED) is 0.212. The monoisotopic (exact) mass is 546 g/mol. The molecule has 0 bridgehead atoms. The van der Waals surface area contributed by atoms with Crippen LogP contribution in [-0.2, 0) is 23.1 Å². The SMILES string of the molecule is Cc1ccc(CN(Cc2ccc(C=Nc3cc(Cl)cc(Cl)c3)o2)S(=O)(=O)c2ccc(Cl)cc2)cc1. The highest BCUT2D eigenvalue weighted by atomic mass is 35.5. The second kappa shape index (κ2) is 11.0. The highest BCUT2D eigenvalue weighted by molar-refractivity contribution is 7.89. The molecule has 0 spiro atoms. The third-order valence-electron chi connectivity index (χ3n) is 5.13. The Morgan fingerprint density at radius 1 is 0.829 bits per heavy atom. The van der Waals surface area contributed by atoms with Crippen molar-refractivity contribution in [3.05, 3.63) is 117 Å². The second-order valence-corrected chi connectivity index (χ2v) is 11.1. The van der Waals surface area contributed by atoms with Gasteiger partial charge in [-0.1, -0.05) is 64.6 Å². The molecule has 0 saturated carbocycles. The van der Waals surface area contributed by atoms with Gasteiger partial charge in [-0.25, -0.2) is 8.42 Å². The van der Waals surface area contributed by atoms with Crippen LogP contribution < -0.4 is 0 Å². The minimum atomic E-state index is -3.83. The van der Waals surface area contributed by atoms with Crippen LogP contribution in [0, 0.1) is 6.92 Å². The van der Waals surface area contributed by atoms with E-state index in [9.17, 15) is 8.42 Å². The first kappa shape index (κ1) is 25.5. The van der Waals surface area contributed by atoms with Gasteiger partial charge in [-0.2, -0.15) is 4.31 Å². The Balaban J connectivity index is 1.59. The van der Waals surface area contributed by atoms with Gasteiger partial charge in [0, 0.05) is 21.6 Å². The van der Waals surface area contributed by atoms with Crippen molar-refractivity contribution in [3.63, 3.8) is 0 Å². The minimum absolute atomic E-state index is 0.0374. The molecule has 0 aliphatic carbocycles. The number of nitrogens with zero attached hydrogens (tertiary/aromatic N) is 2. The average Bonchev–Trinajstić information content (AvgIpc) is 3.26. The highest BCUT2D eigenvalue weighted by Crippen LogP contribution is 2.26. The van der Waals surface area contributed by atoms with Crippen molar-refractivity contribution in [2.45, 2.75) is 24.9 Å². The van der Waals surface area contributed by atoms with Crippen LogP contribution in [0.25, 0.3) is 0 Å². The van der Waals surface area contributed by atoms with Crippen molar-refractivity contribution in [2.24, 2.45) is 4.99 Å². The Bertz CT molecular complexity index is 1430. The lowest BCUT2D eigenvalue weighted by atomic mass is 10.1. The summed E-state index contributed by atoms with van der Waals surface area (Å²) < 4.78 is 34.2. The zero-order valence-corrected chi connectivity index (χ0v) is 21.7. The van der Waals surface area contributed by atoms with E-state index in [1.54, 1.807) is 42.5 Å². The number of hydrogen-bond donors (Lipinski definition) is 0. The predicted octanol–water partition coefficient (Wildman–Crippen LogP) is 7.69. The number of sulfonamides is 1. The van der Waals surface area contributed by atoms with Crippen LogP contribution in [0.4, 0.5) is 5.69 Å². The third kappa shape index (κ3) is 6.75. The van der Waals surface area contributed by atoms with Crippen molar-refractivity contribution in [2.75, 3.05) is 0 Å². The van der Waals surface area contributed by atoms with E-state index in [0.717, 1.165) is 11.1 Å². The second-order valence-electron chi connectivity index (χ2n) is 7.90. The van der Waals surface area contributed by atoms with Crippen LogP contribution in [-0.4, -0.2) is 18.9 Å². The zero-order chi connectivity index (χ0) is 25.0. The van der Waals surface area contributed by atoms with E-state index in [2.05, 4.69) is 4.99 Å². The van der Waals surface area contributed by atoms with E-state index >= 15 is 0 Å². The molecule has 0 unspecified atom stereocenters. The van der Waals surface area contributed by atoms with Crippen molar-refractivity contribution >= 4 is 56.7 Å². The van der Waals surface area contributed by atoms with Gasteiger partial charge < -0.3 is 4.42 Å². The van der Waals surface area contributed by atoms with Gasteiger partial charge in [0.25, 0.3) is 0 Å². The smallest absolute Gasteiger partial charge is 0.243 e. The van der Waals surface area contributed by atoms with Gasteiger partial charge in [0.1, 0.15) is 11.5 Å². The summed E-state index contributed by atoms with van der Waals surface area (Å²) in [5.74, 6) is 0.940. The Morgan fingerprint density at radius 3 is 2.14 bits per heavy atom. The standard InChI is InChI=1S/C26H21Cl3N2O3S/c1-18-2-4-19(5-3-18)16-31(35(32,33)26-10-6-20(27)7-11-26)17-25-9-8-24(34-25)15-30-23-13-21(28)12-22(29)14-23/h2-15H,16-17H2,1H3. The maximum Gasteiger partial charge on any atom is 0.243 e. The summed E-state index contributed by atoms with van der Waals surface area (Å²) in [6.45, 7) is 2.20. The molecule has 0 aliphatic rings. The van der Waals surface area contributed by atoms with E-state index < -0.39 is 10.0 Å². The molecular weight excluding hydrogens is 527 g/mol. The first-order valence-corrected chi connectivity index (χ1v) is 13.2.